The quantitative estimate of drug-likeness (QED) is 0.758. The minimum absolute atomic E-state index is 0.469. The molecule has 100 valence electrons. The van der Waals surface area contributed by atoms with Crippen LogP contribution in [0.15, 0.2) is 42.7 Å². The van der Waals surface area contributed by atoms with Gasteiger partial charge in [-0.15, -0.1) is 0 Å². The average Bonchev–Trinajstić information content (AvgIpc) is 2.87. The lowest BCUT2D eigenvalue weighted by Gasteiger charge is -2.05. The molecule has 1 aromatic heterocycles. The first-order chi connectivity index (χ1) is 9.11. The van der Waals surface area contributed by atoms with Crippen molar-refractivity contribution in [2.24, 2.45) is 0 Å². The molecule has 0 aliphatic heterocycles. The summed E-state index contributed by atoms with van der Waals surface area (Å²) in [6.45, 7) is 6.42. The topological polar surface area (TPSA) is 27.1 Å². The van der Waals surface area contributed by atoms with Crippen LogP contribution in [-0.4, -0.2) is 16.4 Å². The Balaban J connectivity index is 2.17. The van der Waals surface area contributed by atoms with Crippen LogP contribution in [0, 0.1) is 0 Å². The highest BCUT2D eigenvalue weighted by Crippen LogP contribution is 2.28. The molecule has 0 aliphatic rings. The Hall–Kier alpha value is -1.45. The second kappa shape index (κ2) is 6.13. The molecule has 0 radical (unpaired) electrons. The summed E-state index contributed by atoms with van der Waals surface area (Å²) >= 11 is 12.1. The maximum atomic E-state index is 6.14. The predicted molar refractivity (Wildman–Crippen MR) is 78.5 cm³/mol. The van der Waals surface area contributed by atoms with Gasteiger partial charge in [-0.25, -0.2) is 4.68 Å². The van der Waals surface area contributed by atoms with Crippen LogP contribution < -0.4 is 4.74 Å². The van der Waals surface area contributed by atoms with Gasteiger partial charge in [0, 0.05) is 0 Å². The number of ether oxygens (including phenoxy) is 1. The molecule has 1 aromatic carbocycles. The van der Waals surface area contributed by atoms with Gasteiger partial charge in [0.25, 0.3) is 0 Å². The van der Waals surface area contributed by atoms with Crippen LogP contribution >= 0.6 is 23.2 Å². The van der Waals surface area contributed by atoms with E-state index in [4.69, 9.17) is 27.9 Å². The van der Waals surface area contributed by atoms with Gasteiger partial charge < -0.3 is 4.74 Å². The molecule has 19 heavy (non-hydrogen) atoms. The highest BCUT2D eigenvalue weighted by atomic mass is 35.5. The molecule has 0 amide bonds. The second-order valence-corrected chi connectivity index (χ2v) is 4.87. The first-order valence-electron chi connectivity index (χ1n) is 5.90. The smallest absolute Gasteiger partial charge is 0.158 e. The fourth-order valence-corrected chi connectivity index (χ4v) is 1.85. The van der Waals surface area contributed by atoms with E-state index in [1.807, 2.05) is 19.1 Å². The summed E-state index contributed by atoms with van der Waals surface area (Å²) in [5, 5.41) is 5.18. The van der Waals surface area contributed by atoms with Gasteiger partial charge >= 0.3 is 0 Å². The van der Waals surface area contributed by atoms with Crippen molar-refractivity contribution in [3.05, 3.63) is 52.8 Å². The fraction of sp³-hybridized carbons (Fsp3) is 0.214. The van der Waals surface area contributed by atoms with Crippen LogP contribution in [0.25, 0.3) is 5.69 Å². The number of halogens is 2. The van der Waals surface area contributed by atoms with Gasteiger partial charge in [-0.3, -0.25) is 0 Å². The molecule has 0 unspecified atom stereocenters. The molecule has 0 fully saturated rings. The first kappa shape index (κ1) is 14.0. The molecular formula is C14H14Cl2N2O. The van der Waals surface area contributed by atoms with E-state index >= 15 is 0 Å². The normalized spacial score (nSPS) is 10.5. The van der Waals surface area contributed by atoms with Crippen molar-refractivity contribution in [3.63, 3.8) is 0 Å². The lowest BCUT2D eigenvalue weighted by atomic mass is 10.2. The Labute approximate surface area is 122 Å². The fourth-order valence-electron chi connectivity index (χ4n) is 1.47. The summed E-state index contributed by atoms with van der Waals surface area (Å²) in [5.74, 6) is 0.672. The van der Waals surface area contributed by atoms with Crippen LogP contribution in [0.1, 0.15) is 13.3 Å². The third-order valence-corrected chi connectivity index (χ3v) is 3.49. The van der Waals surface area contributed by atoms with E-state index in [2.05, 4.69) is 11.7 Å². The van der Waals surface area contributed by atoms with E-state index in [1.165, 1.54) is 0 Å². The minimum atomic E-state index is 0.469. The van der Waals surface area contributed by atoms with Gasteiger partial charge in [0.2, 0.25) is 0 Å². The number of aromatic nitrogens is 2. The number of hydrogen-bond donors (Lipinski definition) is 0. The minimum Gasteiger partial charge on any atom is -0.486 e. The van der Waals surface area contributed by atoms with E-state index in [0.29, 0.717) is 22.4 Å². The van der Waals surface area contributed by atoms with Gasteiger partial charge in [0.05, 0.1) is 28.1 Å². The zero-order valence-electron chi connectivity index (χ0n) is 10.6. The number of benzene rings is 1. The molecule has 0 bridgehead atoms. The summed E-state index contributed by atoms with van der Waals surface area (Å²) in [5.41, 5.74) is 1.76. The SMILES string of the molecule is C=C(CC)COc1cnn(-c2cccc(Cl)c2Cl)c1. The van der Waals surface area contributed by atoms with Crippen LogP contribution in [0.5, 0.6) is 5.75 Å². The highest BCUT2D eigenvalue weighted by Gasteiger charge is 2.08. The van der Waals surface area contributed by atoms with Crippen molar-refractivity contribution < 1.29 is 4.74 Å². The summed E-state index contributed by atoms with van der Waals surface area (Å²) < 4.78 is 7.21. The molecular weight excluding hydrogens is 283 g/mol. The monoisotopic (exact) mass is 296 g/mol. The summed E-state index contributed by atoms with van der Waals surface area (Å²) in [4.78, 5) is 0. The molecule has 0 saturated carbocycles. The van der Waals surface area contributed by atoms with Gasteiger partial charge in [-0.2, -0.15) is 5.10 Å². The molecule has 3 nitrogen and oxygen atoms in total. The van der Waals surface area contributed by atoms with Crippen molar-refractivity contribution in [1.82, 2.24) is 9.78 Å². The van der Waals surface area contributed by atoms with E-state index in [9.17, 15) is 0 Å². The lowest BCUT2D eigenvalue weighted by Crippen LogP contribution is -1.99. The average molecular weight is 297 g/mol. The summed E-state index contributed by atoms with van der Waals surface area (Å²) in [6, 6.07) is 5.40. The number of rotatable bonds is 5. The third kappa shape index (κ3) is 3.31. The van der Waals surface area contributed by atoms with Crippen molar-refractivity contribution in [2.45, 2.75) is 13.3 Å². The summed E-state index contributed by atoms with van der Waals surface area (Å²) in [6.07, 6.45) is 4.30. The van der Waals surface area contributed by atoms with E-state index in [1.54, 1.807) is 23.1 Å². The van der Waals surface area contributed by atoms with Gasteiger partial charge in [-0.1, -0.05) is 42.8 Å². The van der Waals surface area contributed by atoms with E-state index in [0.717, 1.165) is 17.7 Å². The highest BCUT2D eigenvalue weighted by molar-refractivity contribution is 6.43. The van der Waals surface area contributed by atoms with Crippen molar-refractivity contribution in [3.8, 4) is 11.4 Å². The maximum Gasteiger partial charge on any atom is 0.158 e. The Bertz CT molecular complexity index is 593. The Morgan fingerprint density at radius 3 is 2.95 bits per heavy atom. The van der Waals surface area contributed by atoms with Crippen molar-refractivity contribution >= 4 is 23.2 Å². The van der Waals surface area contributed by atoms with Crippen molar-refractivity contribution in [2.75, 3.05) is 6.61 Å². The molecule has 0 aliphatic carbocycles. The van der Waals surface area contributed by atoms with E-state index < -0.39 is 0 Å². The molecule has 0 saturated heterocycles. The largest absolute Gasteiger partial charge is 0.486 e. The predicted octanol–water partition coefficient (Wildman–Crippen LogP) is 4.52. The Morgan fingerprint density at radius 2 is 2.21 bits per heavy atom. The molecule has 5 heteroatoms. The zero-order chi connectivity index (χ0) is 13.8. The van der Waals surface area contributed by atoms with Crippen molar-refractivity contribution in [1.29, 1.82) is 0 Å². The molecule has 0 N–H and O–H groups in total. The van der Waals surface area contributed by atoms with Gasteiger partial charge in [0.1, 0.15) is 6.61 Å². The van der Waals surface area contributed by atoms with Crippen LogP contribution in [0.3, 0.4) is 0 Å². The standard InChI is InChI=1S/C14H14Cl2N2O/c1-3-10(2)9-19-11-7-17-18(8-11)13-6-4-5-12(15)14(13)16/h4-8H,2-3,9H2,1H3. The van der Waals surface area contributed by atoms with E-state index in [-0.39, 0.29) is 0 Å². The Kier molecular flexibility index (Phi) is 4.51. The second-order valence-electron chi connectivity index (χ2n) is 4.09. The molecule has 1 heterocycles. The third-order valence-electron chi connectivity index (χ3n) is 2.68. The van der Waals surface area contributed by atoms with Gasteiger partial charge in [0.15, 0.2) is 5.75 Å². The van der Waals surface area contributed by atoms with Gasteiger partial charge in [-0.05, 0) is 24.1 Å². The maximum absolute atomic E-state index is 6.14. The summed E-state index contributed by atoms with van der Waals surface area (Å²) in [7, 11) is 0. The zero-order valence-corrected chi connectivity index (χ0v) is 12.1. The molecule has 2 aromatic rings. The van der Waals surface area contributed by atoms with Crippen LogP contribution in [0.4, 0.5) is 0 Å². The first-order valence-corrected chi connectivity index (χ1v) is 6.66. The molecule has 0 atom stereocenters. The Morgan fingerprint density at radius 1 is 1.42 bits per heavy atom. The number of nitrogens with zero attached hydrogens (tertiary/aromatic N) is 2. The number of hydrogen-bond acceptors (Lipinski definition) is 2. The molecule has 0 spiro atoms. The molecule has 2 rings (SSSR count). The van der Waals surface area contributed by atoms with Crippen LogP contribution in [0.2, 0.25) is 10.0 Å². The lowest BCUT2D eigenvalue weighted by molar-refractivity contribution is 0.349. The van der Waals surface area contributed by atoms with Crippen LogP contribution in [-0.2, 0) is 0 Å².